The van der Waals surface area contributed by atoms with Crippen LogP contribution in [0.1, 0.15) is 40.5 Å². The lowest BCUT2D eigenvalue weighted by atomic mass is 9.84. The highest BCUT2D eigenvalue weighted by atomic mass is 16.4. The standard InChI is InChI=1S/C13H24N2O3/c1-9(2)10(11(16)17)14-12(18)15-7-5-6-13(3,4)8-15/h9-10H,5-8H2,1-4H3,(H,14,18)(H,16,17)/t10-/m1/s1. The van der Waals surface area contributed by atoms with E-state index in [1.807, 2.05) is 0 Å². The van der Waals surface area contributed by atoms with Crippen molar-refractivity contribution in [2.24, 2.45) is 11.3 Å². The summed E-state index contributed by atoms with van der Waals surface area (Å²) in [6.45, 7) is 9.23. The number of rotatable bonds is 3. The van der Waals surface area contributed by atoms with E-state index in [9.17, 15) is 9.59 Å². The average molecular weight is 256 g/mol. The van der Waals surface area contributed by atoms with Crippen molar-refractivity contribution >= 4 is 12.0 Å². The molecular formula is C13H24N2O3. The molecule has 2 N–H and O–H groups in total. The average Bonchev–Trinajstić information content (AvgIpc) is 2.23. The Kier molecular flexibility index (Phi) is 4.59. The van der Waals surface area contributed by atoms with E-state index in [0.717, 1.165) is 12.8 Å². The van der Waals surface area contributed by atoms with Crippen molar-refractivity contribution in [2.75, 3.05) is 13.1 Å². The number of piperidine rings is 1. The van der Waals surface area contributed by atoms with Crippen molar-refractivity contribution < 1.29 is 14.7 Å². The van der Waals surface area contributed by atoms with Crippen LogP contribution in [0.5, 0.6) is 0 Å². The number of aliphatic carboxylic acids is 1. The van der Waals surface area contributed by atoms with Gasteiger partial charge in [-0.25, -0.2) is 9.59 Å². The first-order chi connectivity index (χ1) is 8.23. The lowest BCUT2D eigenvalue weighted by molar-refractivity contribution is -0.140. The maximum Gasteiger partial charge on any atom is 0.326 e. The van der Waals surface area contributed by atoms with Crippen molar-refractivity contribution in [3.05, 3.63) is 0 Å². The molecule has 1 heterocycles. The van der Waals surface area contributed by atoms with E-state index in [-0.39, 0.29) is 17.4 Å². The Morgan fingerprint density at radius 3 is 2.39 bits per heavy atom. The maximum absolute atomic E-state index is 12.1. The summed E-state index contributed by atoms with van der Waals surface area (Å²) in [6.07, 6.45) is 2.07. The second-order valence-corrected chi connectivity index (χ2v) is 6.20. The highest BCUT2D eigenvalue weighted by Gasteiger charge is 2.31. The van der Waals surface area contributed by atoms with Gasteiger partial charge in [-0.2, -0.15) is 0 Å². The molecule has 0 aromatic carbocycles. The number of urea groups is 1. The summed E-state index contributed by atoms with van der Waals surface area (Å²) in [6, 6.07) is -1.08. The molecule has 0 radical (unpaired) electrons. The van der Waals surface area contributed by atoms with Crippen LogP contribution in [0.4, 0.5) is 4.79 Å². The van der Waals surface area contributed by atoms with Gasteiger partial charge in [0.1, 0.15) is 6.04 Å². The van der Waals surface area contributed by atoms with Crippen LogP contribution in [0.15, 0.2) is 0 Å². The summed E-state index contributed by atoms with van der Waals surface area (Å²) < 4.78 is 0. The van der Waals surface area contributed by atoms with Crippen molar-refractivity contribution in [2.45, 2.75) is 46.6 Å². The fourth-order valence-electron chi connectivity index (χ4n) is 2.33. The lowest BCUT2D eigenvalue weighted by Crippen LogP contribution is -2.53. The Balaban J connectivity index is 2.61. The van der Waals surface area contributed by atoms with Gasteiger partial charge in [-0.1, -0.05) is 27.7 Å². The van der Waals surface area contributed by atoms with Crippen molar-refractivity contribution in [1.82, 2.24) is 10.2 Å². The topological polar surface area (TPSA) is 69.6 Å². The number of amides is 2. The Morgan fingerprint density at radius 2 is 1.94 bits per heavy atom. The third kappa shape index (κ3) is 3.89. The van der Waals surface area contributed by atoms with E-state index in [0.29, 0.717) is 13.1 Å². The number of nitrogens with one attached hydrogen (secondary N) is 1. The second-order valence-electron chi connectivity index (χ2n) is 6.20. The number of likely N-dealkylation sites (tertiary alicyclic amines) is 1. The molecule has 0 aromatic rings. The van der Waals surface area contributed by atoms with Crippen LogP contribution < -0.4 is 5.32 Å². The quantitative estimate of drug-likeness (QED) is 0.810. The lowest BCUT2D eigenvalue weighted by Gasteiger charge is -2.38. The van der Waals surface area contributed by atoms with E-state index in [1.165, 1.54) is 0 Å². The summed E-state index contributed by atoms with van der Waals surface area (Å²) in [5.74, 6) is -1.10. The van der Waals surface area contributed by atoms with E-state index in [4.69, 9.17) is 5.11 Å². The van der Waals surface area contributed by atoms with Crippen LogP contribution in [0.25, 0.3) is 0 Å². The van der Waals surface area contributed by atoms with Crippen LogP contribution in [-0.4, -0.2) is 41.1 Å². The normalized spacial score (nSPS) is 20.6. The van der Waals surface area contributed by atoms with Crippen LogP contribution >= 0.6 is 0 Å². The van der Waals surface area contributed by atoms with Crippen molar-refractivity contribution in [3.63, 3.8) is 0 Å². The van der Waals surface area contributed by atoms with Gasteiger partial charge < -0.3 is 15.3 Å². The number of carbonyl (C=O) groups is 2. The predicted octanol–water partition coefficient (Wildman–Crippen LogP) is 1.93. The minimum Gasteiger partial charge on any atom is -0.480 e. The summed E-state index contributed by atoms with van der Waals surface area (Å²) in [5.41, 5.74) is 0.117. The van der Waals surface area contributed by atoms with Gasteiger partial charge in [-0.15, -0.1) is 0 Å². The van der Waals surface area contributed by atoms with Gasteiger partial charge >= 0.3 is 12.0 Å². The highest BCUT2D eigenvalue weighted by Crippen LogP contribution is 2.28. The Bertz CT molecular complexity index is 326. The third-order valence-corrected chi connectivity index (χ3v) is 3.40. The largest absolute Gasteiger partial charge is 0.480 e. The van der Waals surface area contributed by atoms with E-state index in [2.05, 4.69) is 19.2 Å². The SMILES string of the molecule is CC(C)[C@@H](NC(=O)N1CCCC(C)(C)C1)C(=O)O. The molecule has 2 amide bonds. The Labute approximate surface area is 109 Å². The molecule has 0 saturated carbocycles. The summed E-state index contributed by atoms with van der Waals surface area (Å²) >= 11 is 0. The monoisotopic (exact) mass is 256 g/mol. The van der Waals surface area contributed by atoms with Crippen LogP contribution in [0.3, 0.4) is 0 Å². The molecule has 1 fully saturated rings. The van der Waals surface area contributed by atoms with Gasteiger partial charge in [-0.3, -0.25) is 0 Å². The first kappa shape index (κ1) is 14.8. The second kappa shape index (κ2) is 5.59. The van der Waals surface area contributed by atoms with E-state index in [1.54, 1.807) is 18.7 Å². The summed E-state index contributed by atoms with van der Waals surface area (Å²) in [5, 5.41) is 11.7. The van der Waals surface area contributed by atoms with Gasteiger partial charge in [0.15, 0.2) is 0 Å². The van der Waals surface area contributed by atoms with E-state index < -0.39 is 12.0 Å². The number of hydrogen-bond acceptors (Lipinski definition) is 2. The molecule has 1 rings (SSSR count). The molecule has 1 aliphatic rings. The zero-order chi connectivity index (χ0) is 13.9. The van der Waals surface area contributed by atoms with Gasteiger partial charge in [0.2, 0.25) is 0 Å². The molecule has 0 bridgehead atoms. The van der Waals surface area contributed by atoms with Gasteiger partial charge in [0.25, 0.3) is 0 Å². The number of nitrogens with zero attached hydrogens (tertiary/aromatic N) is 1. The van der Waals surface area contributed by atoms with Crippen LogP contribution in [0, 0.1) is 11.3 Å². The minimum absolute atomic E-state index is 0.117. The van der Waals surface area contributed by atoms with Crippen LogP contribution in [0.2, 0.25) is 0 Å². The molecule has 0 aromatic heterocycles. The Morgan fingerprint density at radius 1 is 1.33 bits per heavy atom. The van der Waals surface area contributed by atoms with Crippen LogP contribution in [-0.2, 0) is 4.79 Å². The number of carboxylic acid groups (broad SMARTS) is 1. The molecule has 104 valence electrons. The zero-order valence-electron chi connectivity index (χ0n) is 11.7. The minimum atomic E-state index is -0.977. The zero-order valence-corrected chi connectivity index (χ0v) is 11.7. The smallest absolute Gasteiger partial charge is 0.326 e. The highest BCUT2D eigenvalue weighted by molar-refractivity contribution is 5.82. The molecule has 5 heteroatoms. The number of carboxylic acids is 1. The first-order valence-corrected chi connectivity index (χ1v) is 6.51. The predicted molar refractivity (Wildman–Crippen MR) is 69.4 cm³/mol. The number of hydrogen-bond donors (Lipinski definition) is 2. The fourth-order valence-corrected chi connectivity index (χ4v) is 2.33. The van der Waals surface area contributed by atoms with Gasteiger partial charge in [-0.05, 0) is 24.2 Å². The number of carbonyl (C=O) groups excluding carboxylic acids is 1. The Hall–Kier alpha value is -1.26. The molecule has 18 heavy (non-hydrogen) atoms. The molecule has 0 spiro atoms. The van der Waals surface area contributed by atoms with E-state index >= 15 is 0 Å². The third-order valence-electron chi connectivity index (χ3n) is 3.40. The van der Waals surface area contributed by atoms with Gasteiger partial charge in [0.05, 0.1) is 0 Å². The van der Waals surface area contributed by atoms with Crippen molar-refractivity contribution in [3.8, 4) is 0 Å². The maximum atomic E-state index is 12.1. The van der Waals surface area contributed by atoms with Gasteiger partial charge in [0, 0.05) is 13.1 Å². The fraction of sp³-hybridized carbons (Fsp3) is 0.846. The first-order valence-electron chi connectivity index (χ1n) is 6.51. The summed E-state index contributed by atoms with van der Waals surface area (Å²) in [4.78, 5) is 24.8. The van der Waals surface area contributed by atoms with Crippen molar-refractivity contribution in [1.29, 1.82) is 0 Å². The molecule has 0 aliphatic carbocycles. The molecule has 1 atom stereocenters. The molecule has 1 saturated heterocycles. The summed E-state index contributed by atoms with van der Waals surface area (Å²) in [7, 11) is 0. The molecular weight excluding hydrogens is 232 g/mol. The molecule has 1 aliphatic heterocycles. The molecule has 0 unspecified atom stereocenters. The molecule has 5 nitrogen and oxygen atoms in total.